The molecule has 25 heavy (non-hydrogen) atoms. The van der Waals surface area contributed by atoms with Crippen molar-refractivity contribution in [1.29, 1.82) is 0 Å². The van der Waals surface area contributed by atoms with Gasteiger partial charge < -0.3 is 4.42 Å². The zero-order valence-electron chi connectivity index (χ0n) is 13.5. The highest BCUT2D eigenvalue weighted by Gasteiger charge is 2.29. The van der Waals surface area contributed by atoms with E-state index in [9.17, 15) is 13.2 Å². The Bertz CT molecular complexity index is 875. The number of rotatable bonds is 4. The number of sulfonamides is 1. The Morgan fingerprint density at radius 3 is 2.68 bits per heavy atom. The Hall–Kier alpha value is -1.78. The summed E-state index contributed by atoms with van der Waals surface area (Å²) in [5.41, 5.74) is 0.740. The summed E-state index contributed by atoms with van der Waals surface area (Å²) in [6.45, 7) is 0.675. The van der Waals surface area contributed by atoms with E-state index >= 15 is 0 Å². The van der Waals surface area contributed by atoms with Crippen LogP contribution in [0.25, 0.3) is 11.5 Å². The molecular formula is C15H17BrN4O4S. The van der Waals surface area contributed by atoms with Crippen LogP contribution in [0.15, 0.2) is 33.2 Å². The Kier molecular flexibility index (Phi) is 5.21. The lowest BCUT2D eigenvalue weighted by Gasteiger charge is -2.29. The Balaban J connectivity index is 1.61. The largest absolute Gasteiger partial charge is 0.403 e. The van der Waals surface area contributed by atoms with Gasteiger partial charge in [0.1, 0.15) is 0 Å². The van der Waals surface area contributed by atoms with Crippen molar-refractivity contribution in [3.8, 4) is 11.5 Å². The third-order valence-corrected chi connectivity index (χ3v) is 5.82. The molecule has 1 N–H and O–H groups in total. The van der Waals surface area contributed by atoms with Crippen molar-refractivity contribution in [2.24, 2.45) is 5.92 Å². The van der Waals surface area contributed by atoms with Crippen LogP contribution in [0.4, 0.5) is 6.01 Å². The predicted octanol–water partition coefficient (Wildman–Crippen LogP) is 2.11. The minimum atomic E-state index is -3.21. The highest BCUT2D eigenvalue weighted by atomic mass is 79.9. The number of carbonyl (C=O) groups is 1. The average Bonchev–Trinajstić information content (AvgIpc) is 3.03. The Morgan fingerprint density at radius 1 is 1.32 bits per heavy atom. The van der Waals surface area contributed by atoms with Gasteiger partial charge in [-0.05, 0) is 31.0 Å². The molecule has 1 aliphatic rings. The van der Waals surface area contributed by atoms with Crippen molar-refractivity contribution in [2.45, 2.75) is 12.8 Å². The molecule has 0 radical (unpaired) electrons. The second-order valence-electron chi connectivity index (χ2n) is 5.85. The second kappa shape index (κ2) is 7.22. The van der Waals surface area contributed by atoms with E-state index < -0.39 is 10.0 Å². The van der Waals surface area contributed by atoms with Gasteiger partial charge in [-0.1, -0.05) is 27.1 Å². The average molecular weight is 429 g/mol. The minimum Gasteiger partial charge on any atom is -0.403 e. The van der Waals surface area contributed by atoms with E-state index in [-0.39, 0.29) is 17.8 Å². The first-order valence-electron chi connectivity index (χ1n) is 7.68. The molecule has 1 fully saturated rings. The molecule has 3 rings (SSSR count). The molecule has 1 aromatic heterocycles. The van der Waals surface area contributed by atoms with Crippen LogP contribution in [-0.4, -0.2) is 48.2 Å². The third-order valence-electron chi connectivity index (χ3n) is 4.02. The van der Waals surface area contributed by atoms with E-state index in [2.05, 4.69) is 31.4 Å². The number of halogens is 1. The number of benzene rings is 1. The van der Waals surface area contributed by atoms with E-state index in [1.807, 2.05) is 24.3 Å². The fraction of sp³-hybridized carbons (Fsp3) is 0.400. The lowest BCUT2D eigenvalue weighted by molar-refractivity contribution is -0.121. The van der Waals surface area contributed by atoms with Gasteiger partial charge in [0.05, 0.1) is 6.26 Å². The van der Waals surface area contributed by atoms with Crippen LogP contribution in [0.1, 0.15) is 12.8 Å². The first kappa shape index (κ1) is 18.0. The fourth-order valence-electron chi connectivity index (χ4n) is 2.67. The SMILES string of the molecule is CS(=O)(=O)N1CCC(C(=O)Nc2nnc(-c3cccc(Br)c3)o2)CC1. The number of aromatic nitrogens is 2. The Morgan fingerprint density at radius 2 is 2.04 bits per heavy atom. The van der Waals surface area contributed by atoms with Crippen LogP contribution in [-0.2, 0) is 14.8 Å². The van der Waals surface area contributed by atoms with E-state index in [1.54, 1.807) is 0 Å². The smallest absolute Gasteiger partial charge is 0.322 e. The van der Waals surface area contributed by atoms with Crippen LogP contribution in [0.3, 0.4) is 0 Å². The van der Waals surface area contributed by atoms with Crippen LogP contribution in [0, 0.1) is 5.92 Å². The predicted molar refractivity (Wildman–Crippen MR) is 95.2 cm³/mol. The molecule has 10 heteroatoms. The molecule has 1 aliphatic heterocycles. The van der Waals surface area contributed by atoms with E-state index in [0.29, 0.717) is 31.8 Å². The highest BCUT2D eigenvalue weighted by Crippen LogP contribution is 2.24. The van der Waals surface area contributed by atoms with Crippen LogP contribution >= 0.6 is 15.9 Å². The monoisotopic (exact) mass is 428 g/mol. The first-order valence-corrected chi connectivity index (χ1v) is 10.3. The highest BCUT2D eigenvalue weighted by molar-refractivity contribution is 9.10. The number of anilines is 1. The summed E-state index contributed by atoms with van der Waals surface area (Å²) in [5.74, 6) is -0.208. The maximum atomic E-state index is 12.3. The fourth-order valence-corrected chi connectivity index (χ4v) is 3.94. The van der Waals surface area contributed by atoms with Crippen LogP contribution in [0.2, 0.25) is 0 Å². The number of hydrogen-bond acceptors (Lipinski definition) is 6. The number of piperidine rings is 1. The van der Waals surface area contributed by atoms with Gasteiger partial charge >= 0.3 is 6.01 Å². The maximum Gasteiger partial charge on any atom is 0.322 e. The van der Waals surface area contributed by atoms with Gasteiger partial charge in [0.25, 0.3) is 0 Å². The molecule has 2 heterocycles. The third kappa shape index (κ3) is 4.44. The van der Waals surface area contributed by atoms with E-state index in [0.717, 1.165) is 10.0 Å². The molecule has 1 aromatic carbocycles. The van der Waals surface area contributed by atoms with Gasteiger partial charge in [0.15, 0.2) is 0 Å². The molecular weight excluding hydrogens is 412 g/mol. The molecule has 0 aliphatic carbocycles. The summed E-state index contributed by atoms with van der Waals surface area (Å²) < 4.78 is 30.8. The summed E-state index contributed by atoms with van der Waals surface area (Å²) >= 11 is 3.37. The summed E-state index contributed by atoms with van der Waals surface area (Å²) in [6.07, 6.45) is 2.10. The summed E-state index contributed by atoms with van der Waals surface area (Å²) in [7, 11) is -3.21. The zero-order chi connectivity index (χ0) is 18.0. The topological polar surface area (TPSA) is 105 Å². The van der Waals surface area contributed by atoms with Crippen molar-refractivity contribution in [1.82, 2.24) is 14.5 Å². The maximum absolute atomic E-state index is 12.3. The van der Waals surface area contributed by atoms with Gasteiger partial charge in [-0.3, -0.25) is 10.1 Å². The van der Waals surface area contributed by atoms with Crippen molar-refractivity contribution >= 4 is 37.9 Å². The zero-order valence-corrected chi connectivity index (χ0v) is 15.9. The van der Waals surface area contributed by atoms with Gasteiger partial charge in [-0.15, -0.1) is 5.10 Å². The molecule has 1 amide bonds. The molecule has 1 saturated heterocycles. The molecule has 0 atom stereocenters. The van der Waals surface area contributed by atoms with E-state index in [4.69, 9.17) is 4.42 Å². The van der Waals surface area contributed by atoms with Crippen molar-refractivity contribution < 1.29 is 17.6 Å². The van der Waals surface area contributed by atoms with Crippen molar-refractivity contribution in [3.05, 3.63) is 28.7 Å². The van der Waals surface area contributed by atoms with Crippen molar-refractivity contribution in [3.63, 3.8) is 0 Å². The summed E-state index contributed by atoms with van der Waals surface area (Å²) in [6, 6.07) is 7.42. The van der Waals surface area contributed by atoms with Gasteiger partial charge in [0, 0.05) is 29.0 Å². The van der Waals surface area contributed by atoms with Crippen molar-refractivity contribution in [2.75, 3.05) is 24.7 Å². The first-order chi connectivity index (χ1) is 11.8. The molecule has 0 spiro atoms. The second-order valence-corrected chi connectivity index (χ2v) is 8.75. The molecule has 134 valence electrons. The number of hydrogen-bond donors (Lipinski definition) is 1. The number of nitrogens with one attached hydrogen (secondary N) is 1. The number of nitrogens with zero attached hydrogens (tertiary/aromatic N) is 3. The Labute approximate surface area is 153 Å². The summed E-state index contributed by atoms with van der Waals surface area (Å²) in [5, 5.41) is 10.4. The quantitative estimate of drug-likeness (QED) is 0.798. The molecule has 8 nitrogen and oxygen atoms in total. The van der Waals surface area contributed by atoms with Gasteiger partial charge in [0.2, 0.25) is 21.8 Å². The number of carbonyl (C=O) groups excluding carboxylic acids is 1. The van der Waals surface area contributed by atoms with Gasteiger partial charge in [-0.25, -0.2) is 12.7 Å². The molecule has 0 unspecified atom stereocenters. The van der Waals surface area contributed by atoms with Gasteiger partial charge in [-0.2, -0.15) is 0 Å². The lowest BCUT2D eigenvalue weighted by Crippen LogP contribution is -2.40. The van der Waals surface area contributed by atoms with Crippen LogP contribution in [0.5, 0.6) is 0 Å². The minimum absolute atomic E-state index is 0.0329. The van der Waals surface area contributed by atoms with Crippen LogP contribution < -0.4 is 5.32 Å². The molecule has 0 bridgehead atoms. The number of amides is 1. The molecule has 2 aromatic rings. The summed E-state index contributed by atoms with van der Waals surface area (Å²) in [4.78, 5) is 12.3. The lowest BCUT2D eigenvalue weighted by atomic mass is 9.97. The normalized spacial score (nSPS) is 16.7. The molecule has 0 saturated carbocycles. The standard InChI is InChI=1S/C15H17BrN4O4S/c1-25(22,23)20-7-5-10(6-8-20)13(21)17-15-19-18-14(24-15)11-3-2-4-12(16)9-11/h2-4,9-10H,5-8H2,1H3,(H,17,19,21). The van der Waals surface area contributed by atoms with E-state index in [1.165, 1.54) is 10.6 Å².